The molecule has 1 unspecified atom stereocenters. The summed E-state index contributed by atoms with van der Waals surface area (Å²) in [5, 5.41) is 18.3. The molecule has 92 valence electrons. The Labute approximate surface area is 93.1 Å². The third-order valence-corrected chi connectivity index (χ3v) is 3.32. The van der Waals surface area contributed by atoms with Gasteiger partial charge < -0.3 is 10.2 Å². The van der Waals surface area contributed by atoms with Crippen LogP contribution < -0.4 is 0 Å². The predicted molar refractivity (Wildman–Crippen MR) is 53.8 cm³/mol. The molecule has 1 aliphatic rings. The van der Waals surface area contributed by atoms with Gasteiger partial charge in [-0.2, -0.15) is 4.79 Å². The molecule has 1 saturated heterocycles. The summed E-state index contributed by atoms with van der Waals surface area (Å²) in [7, 11) is 0. The highest BCUT2D eigenvalue weighted by Gasteiger charge is 2.62. The van der Waals surface area contributed by atoms with Crippen LogP contribution in [0.2, 0.25) is 0 Å². The average molecular weight is 234 g/mol. The summed E-state index contributed by atoms with van der Waals surface area (Å²) in [5.74, 6) is -1.25. The Hall–Kier alpha value is -1.17. The fourth-order valence-electron chi connectivity index (χ4n) is 2.47. The predicted octanol–water partition coefficient (Wildman–Crippen LogP) is 1.47. The first kappa shape index (κ1) is 12.9. The summed E-state index contributed by atoms with van der Waals surface area (Å²) < 4.78 is 12.6. The maximum atomic E-state index is 13.4. The summed E-state index contributed by atoms with van der Waals surface area (Å²) in [5.41, 5.74) is -0.851. The van der Waals surface area contributed by atoms with Crippen molar-refractivity contribution in [2.75, 3.05) is 6.54 Å². The molecule has 3 atom stereocenters. The molecule has 0 radical (unpaired) electrons. The number of amides is 1. The van der Waals surface area contributed by atoms with Crippen LogP contribution in [0.1, 0.15) is 27.2 Å². The number of aliphatic carboxylic acids is 1. The molecule has 1 aliphatic heterocycles. The van der Waals surface area contributed by atoms with Crippen LogP contribution in [-0.4, -0.2) is 51.1 Å². The summed E-state index contributed by atoms with van der Waals surface area (Å²) in [4.78, 5) is 22.4. The van der Waals surface area contributed by atoms with Crippen molar-refractivity contribution in [1.29, 1.82) is 0 Å². The first-order valence-electron chi connectivity index (χ1n) is 5.11. The van der Waals surface area contributed by atoms with Gasteiger partial charge in [0.25, 0.3) is 0 Å². The summed E-state index contributed by atoms with van der Waals surface area (Å²) >= 11 is 0. The van der Waals surface area contributed by atoms with Gasteiger partial charge in [0.05, 0.1) is 0 Å². The molecule has 0 saturated carbocycles. The summed E-state index contributed by atoms with van der Waals surface area (Å²) in [6.45, 7) is 4.58. The Morgan fingerprint density at radius 3 is 2.06 bits per heavy atom. The number of rotatable bonds is 1. The van der Waals surface area contributed by atoms with Gasteiger partial charge in [-0.15, -0.1) is 0 Å². The van der Waals surface area contributed by atoms with Crippen LogP contribution in [-0.2, 0) is 4.79 Å². The Kier molecular flexibility index (Phi) is 2.98. The molecule has 0 aromatic carbocycles. The smallest absolute Gasteiger partial charge is 0.477 e. The van der Waals surface area contributed by atoms with Crippen molar-refractivity contribution in [2.24, 2.45) is 0 Å². The van der Waals surface area contributed by atoms with E-state index in [2.05, 4.69) is 0 Å². The number of quaternary nitrogens is 1. The van der Waals surface area contributed by atoms with Crippen LogP contribution in [0.5, 0.6) is 0 Å². The fraction of sp³-hybridized carbons (Fsp3) is 0.800. The molecule has 6 heteroatoms. The number of likely N-dealkylation sites (tertiary alicyclic amines) is 1. The van der Waals surface area contributed by atoms with Crippen molar-refractivity contribution in [2.45, 2.75) is 44.9 Å². The molecule has 1 fully saturated rings. The van der Waals surface area contributed by atoms with E-state index in [-0.39, 0.29) is 13.0 Å². The number of carboxylic acid groups (broad SMARTS) is 2. The second-order valence-corrected chi connectivity index (χ2v) is 5.19. The van der Waals surface area contributed by atoms with Gasteiger partial charge in [-0.1, -0.05) is 0 Å². The van der Waals surface area contributed by atoms with E-state index in [1.54, 1.807) is 20.8 Å². The van der Waals surface area contributed by atoms with Gasteiger partial charge >= 0.3 is 12.1 Å². The Balaban J connectivity index is 3.29. The van der Waals surface area contributed by atoms with E-state index in [9.17, 15) is 19.1 Å². The highest BCUT2D eigenvalue weighted by molar-refractivity contribution is 5.75. The van der Waals surface area contributed by atoms with Crippen molar-refractivity contribution in [1.82, 2.24) is 0 Å². The van der Waals surface area contributed by atoms with Crippen molar-refractivity contribution in [3.8, 4) is 0 Å². The molecule has 0 aliphatic carbocycles. The highest BCUT2D eigenvalue weighted by atomic mass is 19.1. The van der Waals surface area contributed by atoms with Gasteiger partial charge in [-0.25, -0.2) is 13.7 Å². The zero-order chi connectivity index (χ0) is 12.7. The molecule has 0 aromatic heterocycles. The highest BCUT2D eigenvalue weighted by Crippen LogP contribution is 2.38. The monoisotopic (exact) mass is 234 g/mol. The summed E-state index contributed by atoms with van der Waals surface area (Å²) in [6.07, 6.45) is -2.89. The third-order valence-electron chi connectivity index (χ3n) is 3.32. The van der Waals surface area contributed by atoms with Crippen LogP contribution in [0.15, 0.2) is 0 Å². The van der Waals surface area contributed by atoms with Crippen LogP contribution in [0.25, 0.3) is 0 Å². The second kappa shape index (κ2) is 3.69. The van der Waals surface area contributed by atoms with E-state index in [1.807, 2.05) is 0 Å². The first-order valence-corrected chi connectivity index (χ1v) is 5.11. The number of carbonyl (C=O) groups is 2. The summed E-state index contributed by atoms with van der Waals surface area (Å²) in [6, 6.07) is -1.22. The molecule has 16 heavy (non-hydrogen) atoms. The lowest BCUT2D eigenvalue weighted by Gasteiger charge is -2.42. The fourth-order valence-corrected chi connectivity index (χ4v) is 2.47. The van der Waals surface area contributed by atoms with Crippen LogP contribution in [0.4, 0.5) is 9.18 Å². The zero-order valence-electron chi connectivity index (χ0n) is 9.61. The SMILES string of the molecule is CC(C)(C)[N+]1(C(=O)O)C[C@H](F)C[C@H]1C(=O)O. The third kappa shape index (κ3) is 1.67. The molecule has 1 rings (SSSR count). The number of alkyl halides is 1. The topological polar surface area (TPSA) is 74.6 Å². The van der Waals surface area contributed by atoms with E-state index < -0.39 is 34.3 Å². The van der Waals surface area contributed by atoms with Crippen LogP contribution in [0.3, 0.4) is 0 Å². The number of hydrogen-bond donors (Lipinski definition) is 2. The normalized spacial score (nSPS) is 35.0. The Bertz CT molecular complexity index is 325. The molecular formula is C10H17FNO4+. The number of hydrogen-bond acceptors (Lipinski definition) is 2. The van der Waals surface area contributed by atoms with E-state index in [4.69, 9.17) is 5.11 Å². The first-order chi connectivity index (χ1) is 7.13. The lowest BCUT2D eigenvalue weighted by Crippen LogP contribution is -2.67. The minimum Gasteiger partial charge on any atom is -0.477 e. The maximum Gasteiger partial charge on any atom is 0.514 e. The Morgan fingerprint density at radius 2 is 1.81 bits per heavy atom. The van der Waals surface area contributed by atoms with Crippen molar-refractivity contribution in [3.63, 3.8) is 0 Å². The standard InChI is InChI=1S/C10H16FNO4/c1-10(2,3)12(9(15)16)5-6(11)4-7(12)8(13)14/h6-7H,4-5H2,1-3H3,(H-,13,14,15,16)/p+1/t6-,7+,12?/m1/s1. The van der Waals surface area contributed by atoms with Gasteiger partial charge in [-0.05, 0) is 20.8 Å². The molecule has 0 bridgehead atoms. The molecule has 5 nitrogen and oxygen atoms in total. The van der Waals surface area contributed by atoms with E-state index >= 15 is 0 Å². The van der Waals surface area contributed by atoms with Gasteiger partial charge in [0.15, 0.2) is 6.17 Å². The van der Waals surface area contributed by atoms with Crippen LogP contribution >= 0.6 is 0 Å². The van der Waals surface area contributed by atoms with E-state index in [1.165, 1.54) is 0 Å². The molecular weight excluding hydrogens is 217 g/mol. The lowest BCUT2D eigenvalue weighted by atomic mass is 10.00. The van der Waals surface area contributed by atoms with Crippen LogP contribution in [0, 0.1) is 0 Å². The average Bonchev–Trinajstić information content (AvgIpc) is 2.42. The van der Waals surface area contributed by atoms with Crippen molar-refractivity contribution in [3.05, 3.63) is 0 Å². The largest absolute Gasteiger partial charge is 0.514 e. The number of carboxylic acids is 1. The van der Waals surface area contributed by atoms with Gasteiger partial charge in [-0.3, -0.25) is 0 Å². The molecule has 1 amide bonds. The van der Waals surface area contributed by atoms with Crippen molar-refractivity contribution >= 4 is 12.1 Å². The minimum absolute atomic E-state index is 0.237. The minimum atomic E-state index is -1.38. The van der Waals surface area contributed by atoms with E-state index in [0.717, 1.165) is 0 Å². The zero-order valence-corrected chi connectivity index (χ0v) is 9.61. The molecule has 1 heterocycles. The van der Waals surface area contributed by atoms with Crippen molar-refractivity contribution < 1.29 is 28.7 Å². The molecule has 0 spiro atoms. The second-order valence-electron chi connectivity index (χ2n) is 5.19. The van der Waals surface area contributed by atoms with Gasteiger partial charge in [0, 0.05) is 6.42 Å². The number of halogens is 1. The van der Waals surface area contributed by atoms with Gasteiger partial charge in [0.1, 0.15) is 12.1 Å². The quantitative estimate of drug-likeness (QED) is 0.674. The molecule has 0 aromatic rings. The van der Waals surface area contributed by atoms with Gasteiger partial charge in [0.2, 0.25) is 6.04 Å². The molecule has 2 N–H and O–H groups in total. The van der Waals surface area contributed by atoms with E-state index in [0.29, 0.717) is 0 Å². The maximum absolute atomic E-state index is 13.4. The number of nitrogens with zero attached hydrogens (tertiary/aromatic N) is 1. The Morgan fingerprint density at radius 1 is 1.31 bits per heavy atom. The lowest BCUT2D eigenvalue weighted by molar-refractivity contribution is -0.907.